The minimum absolute atomic E-state index is 0.0884. The SMILES string of the molecule is COc1ccc(COc2nc(-n3ccnc3-c3ccccn3)nc(Cl)c2C(C)C)cc1. The Bertz CT molecular complexity index is 1160. The maximum atomic E-state index is 6.57. The maximum Gasteiger partial charge on any atom is 0.240 e. The molecule has 31 heavy (non-hydrogen) atoms. The number of aromatic nitrogens is 5. The molecule has 0 aliphatic heterocycles. The molecule has 0 aliphatic carbocycles. The third-order valence-electron chi connectivity index (χ3n) is 4.71. The van der Waals surface area contributed by atoms with Crippen molar-refractivity contribution in [3.05, 3.63) is 77.3 Å². The van der Waals surface area contributed by atoms with Crippen LogP contribution in [0.25, 0.3) is 17.5 Å². The van der Waals surface area contributed by atoms with Crippen LogP contribution in [0.4, 0.5) is 0 Å². The summed E-state index contributed by atoms with van der Waals surface area (Å²) in [7, 11) is 1.64. The first-order chi connectivity index (χ1) is 15.1. The fraction of sp³-hybridized carbons (Fsp3) is 0.217. The van der Waals surface area contributed by atoms with Gasteiger partial charge in [-0.15, -0.1) is 0 Å². The highest BCUT2D eigenvalue weighted by Crippen LogP contribution is 2.32. The zero-order valence-corrected chi connectivity index (χ0v) is 18.2. The van der Waals surface area contributed by atoms with Gasteiger partial charge < -0.3 is 9.47 Å². The Kier molecular flexibility index (Phi) is 6.13. The zero-order valence-electron chi connectivity index (χ0n) is 17.5. The maximum absolute atomic E-state index is 6.57. The third-order valence-corrected chi connectivity index (χ3v) is 5.00. The second-order valence-electron chi connectivity index (χ2n) is 7.16. The molecule has 158 valence electrons. The molecular formula is C23H22ClN5O2. The molecule has 4 rings (SSSR count). The molecule has 0 radical (unpaired) electrons. The van der Waals surface area contributed by atoms with Gasteiger partial charge in [0.2, 0.25) is 11.8 Å². The van der Waals surface area contributed by atoms with Crippen LogP contribution in [-0.2, 0) is 6.61 Å². The average molecular weight is 436 g/mol. The van der Waals surface area contributed by atoms with E-state index < -0.39 is 0 Å². The van der Waals surface area contributed by atoms with Crippen molar-refractivity contribution in [1.29, 1.82) is 0 Å². The molecule has 0 aliphatic rings. The lowest BCUT2D eigenvalue weighted by Crippen LogP contribution is -2.10. The summed E-state index contributed by atoms with van der Waals surface area (Å²) < 4.78 is 13.1. The molecule has 0 saturated carbocycles. The molecule has 1 aromatic carbocycles. The van der Waals surface area contributed by atoms with Crippen molar-refractivity contribution in [2.75, 3.05) is 7.11 Å². The molecule has 0 amide bonds. The Balaban J connectivity index is 1.70. The molecule has 0 spiro atoms. The lowest BCUT2D eigenvalue weighted by atomic mass is 10.1. The van der Waals surface area contributed by atoms with Gasteiger partial charge in [-0.3, -0.25) is 9.55 Å². The quantitative estimate of drug-likeness (QED) is 0.376. The molecule has 0 atom stereocenters. The summed E-state index contributed by atoms with van der Waals surface area (Å²) >= 11 is 6.57. The number of methoxy groups -OCH3 is 1. The number of imidazole rings is 1. The van der Waals surface area contributed by atoms with Gasteiger partial charge in [0, 0.05) is 18.6 Å². The zero-order chi connectivity index (χ0) is 21.8. The molecule has 0 fully saturated rings. The van der Waals surface area contributed by atoms with Crippen molar-refractivity contribution in [2.45, 2.75) is 26.4 Å². The molecular weight excluding hydrogens is 414 g/mol. The van der Waals surface area contributed by atoms with E-state index in [2.05, 4.69) is 19.9 Å². The van der Waals surface area contributed by atoms with E-state index in [1.807, 2.05) is 56.3 Å². The number of hydrogen-bond acceptors (Lipinski definition) is 6. The van der Waals surface area contributed by atoms with Crippen molar-refractivity contribution in [1.82, 2.24) is 24.5 Å². The molecule has 0 saturated heterocycles. The summed E-state index contributed by atoms with van der Waals surface area (Å²) in [4.78, 5) is 18.0. The standard InChI is InChI=1S/C23H22ClN5O2/c1-15(2)19-20(24)27-23(29-13-12-26-21(29)18-6-4-5-11-25-18)28-22(19)31-14-16-7-9-17(30-3)10-8-16/h4-13,15H,14H2,1-3H3. The Hall–Kier alpha value is -3.45. The van der Waals surface area contributed by atoms with Gasteiger partial charge in [0.15, 0.2) is 5.82 Å². The van der Waals surface area contributed by atoms with E-state index in [9.17, 15) is 0 Å². The highest BCUT2D eigenvalue weighted by Gasteiger charge is 2.20. The number of nitrogens with zero attached hydrogens (tertiary/aromatic N) is 5. The van der Waals surface area contributed by atoms with Crippen molar-refractivity contribution >= 4 is 11.6 Å². The summed E-state index contributed by atoms with van der Waals surface area (Å²) in [6.45, 7) is 4.40. The minimum atomic E-state index is 0.0884. The van der Waals surface area contributed by atoms with Gasteiger partial charge in [0.25, 0.3) is 0 Å². The number of rotatable bonds is 7. The van der Waals surface area contributed by atoms with Crippen LogP contribution in [-0.4, -0.2) is 31.6 Å². The van der Waals surface area contributed by atoms with Crippen LogP contribution >= 0.6 is 11.6 Å². The van der Waals surface area contributed by atoms with Crippen LogP contribution in [0, 0.1) is 0 Å². The molecule has 0 bridgehead atoms. The number of hydrogen-bond donors (Lipinski definition) is 0. The van der Waals surface area contributed by atoms with Crippen LogP contribution in [0.2, 0.25) is 5.15 Å². The average Bonchev–Trinajstić information content (AvgIpc) is 3.28. The van der Waals surface area contributed by atoms with Gasteiger partial charge in [-0.1, -0.05) is 43.6 Å². The second kappa shape index (κ2) is 9.14. The first-order valence-corrected chi connectivity index (χ1v) is 10.2. The summed E-state index contributed by atoms with van der Waals surface area (Å²) in [5.41, 5.74) is 2.46. The van der Waals surface area contributed by atoms with Gasteiger partial charge in [0.05, 0.1) is 12.7 Å². The number of ether oxygens (including phenoxy) is 2. The number of benzene rings is 1. The van der Waals surface area contributed by atoms with Crippen LogP contribution in [0.1, 0.15) is 30.9 Å². The van der Waals surface area contributed by atoms with Gasteiger partial charge in [-0.25, -0.2) is 4.98 Å². The summed E-state index contributed by atoms with van der Waals surface area (Å²) in [5.74, 6) is 2.32. The summed E-state index contributed by atoms with van der Waals surface area (Å²) in [6, 6.07) is 13.3. The lowest BCUT2D eigenvalue weighted by molar-refractivity contribution is 0.288. The molecule has 3 aromatic heterocycles. The monoisotopic (exact) mass is 435 g/mol. The van der Waals surface area contributed by atoms with E-state index in [0.29, 0.717) is 35.1 Å². The number of pyridine rings is 1. The molecule has 8 heteroatoms. The van der Waals surface area contributed by atoms with Crippen molar-refractivity contribution in [2.24, 2.45) is 0 Å². The van der Waals surface area contributed by atoms with Crippen LogP contribution < -0.4 is 9.47 Å². The van der Waals surface area contributed by atoms with E-state index in [1.165, 1.54) is 0 Å². The fourth-order valence-corrected chi connectivity index (χ4v) is 3.51. The molecule has 3 heterocycles. The van der Waals surface area contributed by atoms with Crippen molar-refractivity contribution < 1.29 is 9.47 Å². The summed E-state index contributed by atoms with van der Waals surface area (Å²) in [5, 5.41) is 0.352. The Morgan fingerprint density at radius 3 is 2.48 bits per heavy atom. The van der Waals surface area contributed by atoms with Crippen molar-refractivity contribution in [3.8, 4) is 29.1 Å². The highest BCUT2D eigenvalue weighted by atomic mass is 35.5. The molecule has 7 nitrogen and oxygen atoms in total. The largest absolute Gasteiger partial charge is 0.497 e. The topological polar surface area (TPSA) is 75.0 Å². The normalized spacial score (nSPS) is 11.0. The minimum Gasteiger partial charge on any atom is -0.497 e. The van der Waals surface area contributed by atoms with E-state index in [0.717, 1.165) is 16.9 Å². The first kappa shape index (κ1) is 20.8. The van der Waals surface area contributed by atoms with Gasteiger partial charge in [-0.2, -0.15) is 9.97 Å². The van der Waals surface area contributed by atoms with E-state index in [1.54, 1.807) is 30.3 Å². The second-order valence-corrected chi connectivity index (χ2v) is 7.52. The Morgan fingerprint density at radius 1 is 1.00 bits per heavy atom. The number of halogens is 1. The molecule has 0 unspecified atom stereocenters. The van der Waals surface area contributed by atoms with Gasteiger partial charge >= 0.3 is 0 Å². The summed E-state index contributed by atoms with van der Waals surface area (Å²) in [6.07, 6.45) is 5.17. The van der Waals surface area contributed by atoms with Crippen LogP contribution in [0.15, 0.2) is 61.1 Å². The first-order valence-electron chi connectivity index (χ1n) is 9.85. The predicted octanol–water partition coefficient (Wildman–Crippen LogP) is 5.09. The van der Waals surface area contributed by atoms with Crippen LogP contribution in [0.3, 0.4) is 0 Å². The third kappa shape index (κ3) is 4.51. The van der Waals surface area contributed by atoms with E-state index >= 15 is 0 Å². The fourth-order valence-electron chi connectivity index (χ4n) is 3.14. The molecule has 4 aromatic rings. The Labute approximate surface area is 185 Å². The smallest absolute Gasteiger partial charge is 0.240 e. The lowest BCUT2D eigenvalue weighted by Gasteiger charge is -2.16. The van der Waals surface area contributed by atoms with Crippen LogP contribution in [0.5, 0.6) is 11.6 Å². The van der Waals surface area contributed by atoms with Gasteiger partial charge in [0.1, 0.15) is 23.2 Å². The van der Waals surface area contributed by atoms with E-state index in [-0.39, 0.29) is 5.92 Å². The highest BCUT2D eigenvalue weighted by molar-refractivity contribution is 6.30. The van der Waals surface area contributed by atoms with E-state index in [4.69, 9.17) is 21.1 Å². The predicted molar refractivity (Wildman–Crippen MR) is 119 cm³/mol. The molecule has 0 N–H and O–H groups in total. The van der Waals surface area contributed by atoms with Crippen molar-refractivity contribution in [3.63, 3.8) is 0 Å². The Morgan fingerprint density at radius 2 is 1.81 bits per heavy atom. The van der Waals surface area contributed by atoms with Gasteiger partial charge in [-0.05, 0) is 35.7 Å².